The SMILES string of the molecule is CCOC(=O)c1cc(N)ccc1NCC(C)(C)CC. The Morgan fingerprint density at radius 3 is 2.63 bits per heavy atom. The summed E-state index contributed by atoms with van der Waals surface area (Å²) in [6, 6.07) is 5.26. The second-order valence-electron chi connectivity index (χ2n) is 5.40. The number of benzene rings is 1. The fourth-order valence-electron chi connectivity index (χ4n) is 1.55. The summed E-state index contributed by atoms with van der Waals surface area (Å²) < 4.78 is 5.05. The van der Waals surface area contributed by atoms with Gasteiger partial charge in [-0.2, -0.15) is 0 Å². The monoisotopic (exact) mass is 264 g/mol. The van der Waals surface area contributed by atoms with Gasteiger partial charge in [0, 0.05) is 17.9 Å². The van der Waals surface area contributed by atoms with Gasteiger partial charge in [-0.15, -0.1) is 0 Å². The van der Waals surface area contributed by atoms with Gasteiger partial charge in [-0.05, 0) is 37.0 Å². The van der Waals surface area contributed by atoms with Crippen molar-refractivity contribution >= 4 is 17.3 Å². The first-order valence-electron chi connectivity index (χ1n) is 6.70. The summed E-state index contributed by atoms with van der Waals surface area (Å²) in [6.07, 6.45) is 1.06. The van der Waals surface area contributed by atoms with Crippen molar-refractivity contribution < 1.29 is 9.53 Å². The van der Waals surface area contributed by atoms with Crippen molar-refractivity contribution in [3.05, 3.63) is 23.8 Å². The van der Waals surface area contributed by atoms with Gasteiger partial charge in [0.15, 0.2) is 0 Å². The van der Waals surface area contributed by atoms with Crippen molar-refractivity contribution in [1.29, 1.82) is 0 Å². The van der Waals surface area contributed by atoms with Crippen molar-refractivity contribution in [3.8, 4) is 0 Å². The third-order valence-electron chi connectivity index (χ3n) is 3.25. The molecule has 0 heterocycles. The molecule has 4 heteroatoms. The van der Waals surface area contributed by atoms with Gasteiger partial charge < -0.3 is 15.8 Å². The topological polar surface area (TPSA) is 64.3 Å². The third kappa shape index (κ3) is 4.47. The minimum atomic E-state index is -0.341. The van der Waals surface area contributed by atoms with E-state index in [-0.39, 0.29) is 11.4 Å². The zero-order valence-corrected chi connectivity index (χ0v) is 12.2. The van der Waals surface area contributed by atoms with E-state index in [9.17, 15) is 4.79 Å². The third-order valence-corrected chi connectivity index (χ3v) is 3.25. The summed E-state index contributed by atoms with van der Waals surface area (Å²) in [6.45, 7) is 9.45. The van der Waals surface area contributed by atoms with E-state index in [2.05, 4.69) is 26.1 Å². The predicted molar refractivity (Wildman–Crippen MR) is 79.4 cm³/mol. The normalized spacial score (nSPS) is 11.2. The van der Waals surface area contributed by atoms with Crippen molar-refractivity contribution in [2.45, 2.75) is 34.1 Å². The molecule has 0 fully saturated rings. The summed E-state index contributed by atoms with van der Waals surface area (Å²) in [5, 5.41) is 3.31. The zero-order chi connectivity index (χ0) is 14.5. The smallest absolute Gasteiger partial charge is 0.340 e. The van der Waals surface area contributed by atoms with E-state index in [1.165, 1.54) is 0 Å². The molecule has 1 aromatic carbocycles. The van der Waals surface area contributed by atoms with Crippen LogP contribution in [0.4, 0.5) is 11.4 Å². The van der Waals surface area contributed by atoms with Crippen LogP contribution in [-0.2, 0) is 4.74 Å². The fourth-order valence-corrected chi connectivity index (χ4v) is 1.55. The van der Waals surface area contributed by atoms with Crippen molar-refractivity contribution in [1.82, 2.24) is 0 Å². The number of nitrogens with two attached hydrogens (primary N) is 1. The highest BCUT2D eigenvalue weighted by molar-refractivity contribution is 5.96. The van der Waals surface area contributed by atoms with Crippen LogP contribution in [0.25, 0.3) is 0 Å². The Morgan fingerprint density at radius 1 is 1.37 bits per heavy atom. The van der Waals surface area contributed by atoms with E-state index in [4.69, 9.17) is 10.5 Å². The number of carbonyl (C=O) groups is 1. The Labute approximate surface area is 115 Å². The van der Waals surface area contributed by atoms with Gasteiger partial charge in [0.1, 0.15) is 0 Å². The minimum absolute atomic E-state index is 0.174. The van der Waals surface area contributed by atoms with Crippen LogP contribution < -0.4 is 11.1 Å². The maximum absolute atomic E-state index is 11.9. The van der Waals surface area contributed by atoms with Crippen molar-refractivity contribution in [2.24, 2.45) is 5.41 Å². The number of hydrogen-bond acceptors (Lipinski definition) is 4. The summed E-state index contributed by atoms with van der Waals surface area (Å²) in [5.41, 5.74) is 7.73. The lowest BCUT2D eigenvalue weighted by molar-refractivity contribution is 0.0527. The van der Waals surface area contributed by atoms with E-state index in [1.807, 2.05) is 6.07 Å². The van der Waals surface area contributed by atoms with Gasteiger partial charge in [-0.3, -0.25) is 0 Å². The second kappa shape index (κ2) is 6.45. The molecule has 4 nitrogen and oxygen atoms in total. The Morgan fingerprint density at radius 2 is 2.05 bits per heavy atom. The molecule has 0 atom stereocenters. The van der Waals surface area contributed by atoms with Gasteiger partial charge >= 0.3 is 5.97 Å². The van der Waals surface area contributed by atoms with E-state index >= 15 is 0 Å². The molecule has 1 aromatic rings. The lowest BCUT2D eigenvalue weighted by Gasteiger charge is -2.24. The van der Waals surface area contributed by atoms with Gasteiger partial charge in [-0.1, -0.05) is 20.8 Å². The van der Waals surface area contributed by atoms with Crippen LogP contribution in [0.3, 0.4) is 0 Å². The molecule has 0 saturated carbocycles. The van der Waals surface area contributed by atoms with Gasteiger partial charge in [-0.25, -0.2) is 4.79 Å². The molecule has 0 aliphatic rings. The lowest BCUT2D eigenvalue weighted by Crippen LogP contribution is -2.23. The maximum Gasteiger partial charge on any atom is 0.340 e. The van der Waals surface area contributed by atoms with E-state index in [0.29, 0.717) is 17.9 Å². The average Bonchev–Trinajstić information content (AvgIpc) is 2.37. The molecule has 0 unspecified atom stereocenters. The van der Waals surface area contributed by atoms with E-state index < -0.39 is 0 Å². The summed E-state index contributed by atoms with van der Waals surface area (Å²) in [5.74, 6) is -0.341. The molecule has 0 aliphatic carbocycles. The number of carbonyl (C=O) groups excluding carboxylic acids is 1. The number of esters is 1. The molecule has 0 aliphatic heterocycles. The average molecular weight is 264 g/mol. The molecular formula is C15H24N2O2. The molecule has 0 saturated heterocycles. The van der Waals surface area contributed by atoms with Crippen LogP contribution in [0.1, 0.15) is 44.5 Å². The summed E-state index contributed by atoms with van der Waals surface area (Å²) >= 11 is 0. The number of nitrogen functional groups attached to an aromatic ring is 1. The molecule has 0 amide bonds. The van der Waals surface area contributed by atoms with Crippen LogP contribution in [0.2, 0.25) is 0 Å². The Kier molecular flexibility index (Phi) is 5.21. The second-order valence-corrected chi connectivity index (χ2v) is 5.40. The number of anilines is 2. The molecule has 1 rings (SSSR count). The Balaban J connectivity index is 2.91. The highest BCUT2D eigenvalue weighted by atomic mass is 16.5. The predicted octanol–water partition coefficient (Wildman–Crippen LogP) is 3.29. The number of rotatable bonds is 6. The zero-order valence-electron chi connectivity index (χ0n) is 12.2. The van der Waals surface area contributed by atoms with Crippen LogP contribution >= 0.6 is 0 Å². The lowest BCUT2D eigenvalue weighted by atomic mass is 9.90. The first kappa shape index (κ1) is 15.3. The van der Waals surface area contributed by atoms with E-state index in [0.717, 1.165) is 18.7 Å². The van der Waals surface area contributed by atoms with Gasteiger partial charge in [0.05, 0.1) is 12.2 Å². The first-order chi connectivity index (χ1) is 8.89. The molecule has 0 bridgehead atoms. The van der Waals surface area contributed by atoms with E-state index in [1.54, 1.807) is 19.1 Å². The molecule has 0 radical (unpaired) electrons. The van der Waals surface area contributed by atoms with Crippen LogP contribution in [0.15, 0.2) is 18.2 Å². The standard InChI is InChI=1S/C15H24N2O2/c1-5-15(3,4)10-17-13-8-7-11(16)9-12(13)14(18)19-6-2/h7-9,17H,5-6,10,16H2,1-4H3. The number of hydrogen-bond donors (Lipinski definition) is 2. The molecule has 0 spiro atoms. The highest BCUT2D eigenvalue weighted by Gasteiger charge is 2.17. The molecule has 0 aromatic heterocycles. The number of nitrogens with one attached hydrogen (secondary N) is 1. The quantitative estimate of drug-likeness (QED) is 0.611. The number of ether oxygens (including phenoxy) is 1. The molecular weight excluding hydrogens is 240 g/mol. The minimum Gasteiger partial charge on any atom is -0.462 e. The van der Waals surface area contributed by atoms with Crippen LogP contribution in [-0.4, -0.2) is 19.1 Å². The molecule has 106 valence electrons. The van der Waals surface area contributed by atoms with Crippen LogP contribution in [0.5, 0.6) is 0 Å². The molecule has 19 heavy (non-hydrogen) atoms. The first-order valence-corrected chi connectivity index (χ1v) is 6.70. The van der Waals surface area contributed by atoms with Gasteiger partial charge in [0.25, 0.3) is 0 Å². The van der Waals surface area contributed by atoms with Gasteiger partial charge in [0.2, 0.25) is 0 Å². The highest BCUT2D eigenvalue weighted by Crippen LogP contribution is 2.24. The summed E-state index contributed by atoms with van der Waals surface area (Å²) in [7, 11) is 0. The van der Waals surface area contributed by atoms with Crippen molar-refractivity contribution in [2.75, 3.05) is 24.2 Å². The fraction of sp³-hybridized carbons (Fsp3) is 0.533. The summed E-state index contributed by atoms with van der Waals surface area (Å²) in [4.78, 5) is 11.9. The Bertz CT molecular complexity index is 442. The van der Waals surface area contributed by atoms with Crippen molar-refractivity contribution in [3.63, 3.8) is 0 Å². The maximum atomic E-state index is 11.9. The van der Waals surface area contributed by atoms with Crippen LogP contribution in [0, 0.1) is 5.41 Å². The Hall–Kier alpha value is -1.71. The molecule has 3 N–H and O–H groups in total. The largest absolute Gasteiger partial charge is 0.462 e.